The monoisotopic (exact) mass is 658 g/mol. The fourth-order valence-corrected chi connectivity index (χ4v) is 7.16. The topological polar surface area (TPSA) is 77.6 Å². The highest BCUT2D eigenvalue weighted by atomic mass is 16.3. The van der Waals surface area contributed by atoms with Gasteiger partial charge in [-0.15, -0.1) is 0 Å². The van der Waals surface area contributed by atoms with E-state index >= 15 is 0 Å². The van der Waals surface area contributed by atoms with Crippen LogP contribution < -0.4 is 0 Å². The van der Waals surface area contributed by atoms with Crippen LogP contribution in [0.25, 0.3) is 90.9 Å². The van der Waals surface area contributed by atoms with Gasteiger partial charge in [0.1, 0.15) is 0 Å². The third kappa shape index (κ3) is 5.60. The number of benzene rings is 4. The molecule has 0 radical (unpaired) electrons. The Morgan fingerprint density at radius 3 is 1.12 bits per heavy atom. The molecule has 244 valence electrons. The average Bonchev–Trinajstić information content (AvgIpc) is 4.01. The summed E-state index contributed by atoms with van der Waals surface area (Å²) in [4.78, 5) is 18.3. The number of nitrogens with one attached hydrogen (secondary N) is 2. The number of H-pyrrole nitrogens is 2. The summed E-state index contributed by atoms with van der Waals surface area (Å²) in [6.07, 6.45) is 7.82. The molecule has 0 saturated heterocycles. The highest BCUT2D eigenvalue weighted by Gasteiger charge is 2.19. The summed E-state index contributed by atoms with van der Waals surface area (Å²) in [7, 11) is 0. The molecule has 5 heterocycles. The maximum Gasteiger partial charge on any atom is 0.0761 e. The molecule has 1 atom stereocenters. The first kappa shape index (κ1) is 30.5. The van der Waals surface area contributed by atoms with Crippen LogP contribution in [0.1, 0.15) is 41.4 Å². The number of aromatic nitrogens is 4. The van der Waals surface area contributed by atoms with Crippen molar-refractivity contribution in [3.63, 3.8) is 0 Å². The SMILES string of the molecule is C[C@@H](O)c1ccc(-c2c3nc(c(-c4ccccc4)c4ccc([nH]4)c(-c4ccccc4)c4ccc([nH]4)c(-c4ccccc4)c4nc2C=C4)C=C3)cc1. The lowest BCUT2D eigenvalue weighted by atomic mass is 9.99. The van der Waals surface area contributed by atoms with Gasteiger partial charge >= 0.3 is 0 Å². The van der Waals surface area contributed by atoms with Crippen molar-refractivity contribution in [1.29, 1.82) is 0 Å². The van der Waals surface area contributed by atoms with Gasteiger partial charge in [-0.1, -0.05) is 115 Å². The Morgan fingerprint density at radius 2 is 0.725 bits per heavy atom. The van der Waals surface area contributed by atoms with E-state index in [9.17, 15) is 5.11 Å². The Hall–Kier alpha value is -6.56. The van der Waals surface area contributed by atoms with Crippen molar-refractivity contribution in [2.75, 3.05) is 0 Å². The number of hydrogen-bond donors (Lipinski definition) is 3. The molecule has 7 aromatic rings. The fraction of sp³-hybridized carbons (Fsp3) is 0.0435. The van der Waals surface area contributed by atoms with Crippen LogP contribution in [-0.4, -0.2) is 25.0 Å². The van der Waals surface area contributed by atoms with Gasteiger partial charge in [0.05, 0.1) is 28.9 Å². The van der Waals surface area contributed by atoms with Crippen LogP contribution in [0.2, 0.25) is 0 Å². The maximum atomic E-state index is 10.3. The molecule has 9 rings (SSSR count). The molecule has 0 unspecified atom stereocenters. The first-order chi connectivity index (χ1) is 25.1. The number of hydrogen-bond acceptors (Lipinski definition) is 3. The number of aromatic amines is 2. The standard InChI is InChI=1S/C46H34N4O/c1-29(51)30-17-19-34(20-18-30)46-41-27-25-39(49-41)44(32-13-7-3-8-14-32)37-23-21-35(47-37)43(31-11-5-2-6-12-31)36-22-24-38(48-36)45(33-15-9-4-10-16-33)40-26-28-42(46)50-40/h2-29,47-48,51H,1H3/t29-/m1/s1. The van der Waals surface area contributed by atoms with Crippen LogP contribution in [0.5, 0.6) is 0 Å². The minimum absolute atomic E-state index is 0.560. The molecule has 2 aliphatic heterocycles. The summed E-state index contributed by atoms with van der Waals surface area (Å²) in [6.45, 7) is 1.78. The highest BCUT2D eigenvalue weighted by molar-refractivity contribution is 6.00. The van der Waals surface area contributed by atoms with Crippen molar-refractivity contribution in [3.8, 4) is 44.5 Å². The Kier molecular flexibility index (Phi) is 7.60. The minimum atomic E-state index is -0.560. The lowest BCUT2D eigenvalue weighted by molar-refractivity contribution is 0.199. The summed E-state index contributed by atoms with van der Waals surface area (Å²) in [6, 6.07) is 48.1. The minimum Gasteiger partial charge on any atom is -0.389 e. The molecular formula is C46H34N4O. The normalized spacial score (nSPS) is 12.7. The van der Waals surface area contributed by atoms with Gasteiger partial charge in [-0.25, -0.2) is 9.97 Å². The van der Waals surface area contributed by atoms with E-state index in [1.165, 1.54) is 0 Å². The second-order valence-corrected chi connectivity index (χ2v) is 12.9. The van der Waals surface area contributed by atoms with Gasteiger partial charge in [0.25, 0.3) is 0 Å². The zero-order valence-corrected chi connectivity index (χ0v) is 28.0. The van der Waals surface area contributed by atoms with Crippen LogP contribution >= 0.6 is 0 Å². The van der Waals surface area contributed by atoms with Crippen molar-refractivity contribution in [1.82, 2.24) is 19.9 Å². The zero-order chi connectivity index (χ0) is 34.3. The molecule has 0 fully saturated rings. The van der Waals surface area contributed by atoms with Gasteiger partial charge in [-0.2, -0.15) is 0 Å². The number of fused-ring (bicyclic) bond motifs is 8. The van der Waals surface area contributed by atoms with E-state index in [1.54, 1.807) is 6.92 Å². The van der Waals surface area contributed by atoms with Gasteiger partial charge in [-0.3, -0.25) is 0 Å². The summed E-state index contributed by atoms with van der Waals surface area (Å²) in [5.41, 5.74) is 16.4. The van der Waals surface area contributed by atoms with Crippen LogP contribution in [0, 0.1) is 0 Å². The molecule has 0 amide bonds. The maximum absolute atomic E-state index is 10.3. The van der Waals surface area contributed by atoms with Crippen molar-refractivity contribution in [3.05, 3.63) is 168 Å². The summed E-state index contributed by atoms with van der Waals surface area (Å²) < 4.78 is 0. The molecule has 0 spiro atoms. The van der Waals surface area contributed by atoms with E-state index in [0.29, 0.717) is 0 Å². The molecule has 0 saturated carbocycles. The molecule has 0 aliphatic carbocycles. The summed E-state index contributed by atoms with van der Waals surface area (Å²) in [5, 5.41) is 10.3. The van der Waals surface area contributed by atoms with E-state index in [1.807, 2.05) is 30.3 Å². The summed E-state index contributed by atoms with van der Waals surface area (Å²) in [5.74, 6) is 0. The van der Waals surface area contributed by atoms with Crippen LogP contribution in [0.15, 0.2) is 140 Å². The van der Waals surface area contributed by atoms with Crippen molar-refractivity contribution in [2.24, 2.45) is 0 Å². The lowest BCUT2D eigenvalue weighted by Gasteiger charge is -2.09. The Morgan fingerprint density at radius 1 is 0.392 bits per heavy atom. The second-order valence-electron chi connectivity index (χ2n) is 12.9. The number of rotatable bonds is 5. The van der Waals surface area contributed by atoms with E-state index in [-0.39, 0.29) is 0 Å². The van der Waals surface area contributed by atoms with E-state index in [4.69, 9.17) is 9.97 Å². The molecule has 2 aliphatic rings. The average molecular weight is 659 g/mol. The lowest BCUT2D eigenvalue weighted by Crippen LogP contribution is -1.93. The van der Waals surface area contributed by atoms with Gasteiger partial charge in [0, 0.05) is 44.3 Å². The van der Waals surface area contributed by atoms with Crippen molar-refractivity contribution < 1.29 is 5.11 Å². The molecule has 3 N–H and O–H groups in total. The highest BCUT2D eigenvalue weighted by Crippen LogP contribution is 2.38. The molecule has 5 heteroatoms. The summed E-state index contributed by atoms with van der Waals surface area (Å²) >= 11 is 0. The van der Waals surface area contributed by atoms with Gasteiger partial charge < -0.3 is 15.1 Å². The molecule has 4 aromatic carbocycles. The van der Waals surface area contributed by atoms with Gasteiger partial charge in [0.2, 0.25) is 0 Å². The quantitative estimate of drug-likeness (QED) is 0.172. The molecule has 5 nitrogen and oxygen atoms in total. The van der Waals surface area contributed by atoms with E-state index in [2.05, 4.69) is 143 Å². The molecule has 51 heavy (non-hydrogen) atoms. The van der Waals surface area contributed by atoms with Gasteiger partial charge in [0.15, 0.2) is 0 Å². The Labute approximate surface area is 296 Å². The third-order valence-electron chi connectivity index (χ3n) is 9.62. The number of aliphatic hydroxyl groups is 1. The smallest absolute Gasteiger partial charge is 0.0761 e. The zero-order valence-electron chi connectivity index (χ0n) is 28.0. The van der Waals surface area contributed by atoms with Gasteiger partial charge in [-0.05, 0) is 83.3 Å². The van der Waals surface area contributed by atoms with E-state index < -0.39 is 6.10 Å². The third-order valence-corrected chi connectivity index (χ3v) is 9.62. The first-order valence-corrected chi connectivity index (χ1v) is 17.2. The largest absolute Gasteiger partial charge is 0.389 e. The molecule has 8 bridgehead atoms. The van der Waals surface area contributed by atoms with Crippen molar-refractivity contribution in [2.45, 2.75) is 13.0 Å². The first-order valence-electron chi connectivity index (χ1n) is 17.2. The second kappa shape index (κ2) is 12.7. The van der Waals surface area contributed by atoms with Crippen molar-refractivity contribution >= 4 is 46.4 Å². The Bertz CT molecular complexity index is 2490. The van der Waals surface area contributed by atoms with Crippen LogP contribution in [0.3, 0.4) is 0 Å². The van der Waals surface area contributed by atoms with Crippen LogP contribution in [0.4, 0.5) is 0 Å². The fourth-order valence-electron chi connectivity index (χ4n) is 7.16. The molecule has 3 aromatic heterocycles. The predicted molar refractivity (Wildman–Crippen MR) is 211 cm³/mol. The van der Waals surface area contributed by atoms with E-state index in [0.717, 1.165) is 94.9 Å². The number of nitrogens with zero attached hydrogens (tertiary/aromatic N) is 2. The number of aliphatic hydroxyl groups excluding tert-OH is 1. The molecular weight excluding hydrogens is 625 g/mol. The van der Waals surface area contributed by atoms with Crippen LogP contribution in [-0.2, 0) is 0 Å². The Balaban J connectivity index is 1.46. The predicted octanol–water partition coefficient (Wildman–Crippen LogP) is 11.4.